The molecule has 6 aromatic rings. The number of Topliss-reactive ketones (excluding diaryl/α,β-unsaturated/α-hetero) is 2. The average Bonchev–Trinajstić information content (AvgIpc) is 3.70. The summed E-state index contributed by atoms with van der Waals surface area (Å²) >= 11 is 0. The van der Waals surface area contributed by atoms with Crippen LogP contribution in [0.15, 0.2) is 128 Å². The third-order valence-corrected chi connectivity index (χ3v) is 11.2. The maximum absolute atomic E-state index is 12.7. The molecule has 4 aromatic heterocycles. The molecule has 1 atom stereocenters. The highest BCUT2D eigenvalue weighted by molar-refractivity contribution is 5.99. The molecule has 0 saturated heterocycles. The van der Waals surface area contributed by atoms with Crippen molar-refractivity contribution in [2.75, 3.05) is 60.2 Å². The lowest BCUT2D eigenvalue weighted by Gasteiger charge is -2.32. The number of aromatic hydroxyl groups is 1. The number of methoxy groups -OCH3 is 2. The zero-order chi connectivity index (χ0) is 50.4. The van der Waals surface area contributed by atoms with Gasteiger partial charge in [-0.2, -0.15) is 0 Å². The van der Waals surface area contributed by atoms with E-state index in [4.69, 9.17) is 19.3 Å². The second kappa shape index (κ2) is 27.2. The standard InChI is InChI=1S/C20H23N3O3.C17H17NO4.C9H9NO2.C7H7NO3/c24-17(13-22-8-6-15-3-1-2-4-16(15)12-22)14-23-9-10-26-19-11-21-7-5-18(19)20(23)25;1-21-17(20)14-9-10-18-12-16(14)22-11-5-8-15(19)13-6-3-2-4-7-13;11-8-2-1-5-12-9-6-10-4-3-7(8)9;1-11-7(10)5-2-3-8-4-6(5)9/h1-5,7,11,17,24H,6,8-10,12-14H2;2-4,6-7,9-10,12H,5,8,11H2,1H3;3-4,6H,1-2,5H2;2-4,9H,1H3/t17-;;;/m1.../s1. The number of carbonyl (C=O) groups excluding carboxylic acids is 5. The number of ketones is 2. The Bertz CT molecular complexity index is 2720. The number of aliphatic hydroxyl groups is 1. The molecule has 0 spiro atoms. The molecule has 2 N–H and O–H groups in total. The fourth-order valence-electron chi connectivity index (χ4n) is 7.60. The van der Waals surface area contributed by atoms with Gasteiger partial charge in [-0.05, 0) is 54.7 Å². The molecule has 9 rings (SSSR count). The van der Waals surface area contributed by atoms with Crippen molar-refractivity contribution in [3.63, 3.8) is 0 Å². The lowest BCUT2D eigenvalue weighted by atomic mass is 10.00. The number of hydrogen-bond acceptors (Lipinski definition) is 17. The van der Waals surface area contributed by atoms with Crippen LogP contribution in [0.5, 0.6) is 23.0 Å². The van der Waals surface area contributed by atoms with Crippen molar-refractivity contribution >= 4 is 29.4 Å². The van der Waals surface area contributed by atoms with Gasteiger partial charge in [-0.1, -0.05) is 54.6 Å². The van der Waals surface area contributed by atoms with Crippen molar-refractivity contribution in [1.29, 1.82) is 0 Å². The van der Waals surface area contributed by atoms with E-state index in [0.717, 1.165) is 25.9 Å². The van der Waals surface area contributed by atoms with Crippen LogP contribution in [-0.2, 0) is 22.4 Å². The number of aromatic nitrogens is 4. The van der Waals surface area contributed by atoms with Gasteiger partial charge in [0, 0.05) is 69.4 Å². The van der Waals surface area contributed by atoms with E-state index in [1.54, 1.807) is 54.0 Å². The Morgan fingerprint density at radius 3 is 2.04 bits per heavy atom. The molecule has 2 aromatic carbocycles. The van der Waals surface area contributed by atoms with Gasteiger partial charge in [0.2, 0.25) is 0 Å². The van der Waals surface area contributed by atoms with E-state index in [9.17, 15) is 29.1 Å². The molecule has 71 heavy (non-hydrogen) atoms. The zero-order valence-corrected chi connectivity index (χ0v) is 39.6. The van der Waals surface area contributed by atoms with E-state index in [2.05, 4.69) is 58.6 Å². The molecule has 0 saturated carbocycles. The summed E-state index contributed by atoms with van der Waals surface area (Å²) in [6, 6.07) is 23.9. The van der Waals surface area contributed by atoms with Crippen LogP contribution in [0.25, 0.3) is 0 Å². The second-order valence-electron chi connectivity index (χ2n) is 16.1. The Kier molecular flexibility index (Phi) is 20.0. The monoisotopic (exact) mass is 968 g/mol. The van der Waals surface area contributed by atoms with Crippen LogP contribution in [0.2, 0.25) is 0 Å². The first-order valence-corrected chi connectivity index (χ1v) is 22.9. The van der Waals surface area contributed by atoms with Gasteiger partial charge in [-0.3, -0.25) is 39.2 Å². The summed E-state index contributed by atoms with van der Waals surface area (Å²) in [5, 5.41) is 19.6. The van der Waals surface area contributed by atoms with Crippen molar-refractivity contribution in [2.24, 2.45) is 0 Å². The second-order valence-corrected chi connectivity index (χ2v) is 16.1. The lowest BCUT2D eigenvalue weighted by Crippen LogP contribution is -2.44. The van der Waals surface area contributed by atoms with E-state index < -0.39 is 18.0 Å². The minimum absolute atomic E-state index is 0.0728. The van der Waals surface area contributed by atoms with Crippen molar-refractivity contribution in [1.82, 2.24) is 29.7 Å². The number of hydrogen-bond donors (Lipinski definition) is 2. The fourth-order valence-corrected chi connectivity index (χ4v) is 7.60. The molecule has 18 nitrogen and oxygen atoms in total. The van der Waals surface area contributed by atoms with E-state index in [-0.39, 0.29) is 28.8 Å². The Balaban J connectivity index is 0.000000165. The molecule has 1 amide bonds. The van der Waals surface area contributed by atoms with Crippen LogP contribution in [-0.4, -0.2) is 136 Å². The maximum Gasteiger partial charge on any atom is 0.341 e. The largest absolute Gasteiger partial charge is 0.505 e. The Hall–Kier alpha value is -8.09. The molecule has 7 heterocycles. The third kappa shape index (κ3) is 15.5. The van der Waals surface area contributed by atoms with E-state index in [0.29, 0.717) is 98.2 Å². The zero-order valence-electron chi connectivity index (χ0n) is 39.6. The average molecular weight is 969 g/mol. The summed E-state index contributed by atoms with van der Waals surface area (Å²) in [5.74, 6) is 0.419. The molecule has 0 fully saturated rings. The maximum atomic E-state index is 12.7. The first-order valence-electron chi connectivity index (χ1n) is 22.9. The Morgan fingerprint density at radius 2 is 1.31 bits per heavy atom. The smallest absolute Gasteiger partial charge is 0.341 e. The Morgan fingerprint density at radius 1 is 0.690 bits per heavy atom. The van der Waals surface area contributed by atoms with Gasteiger partial charge >= 0.3 is 11.9 Å². The predicted molar refractivity (Wildman–Crippen MR) is 259 cm³/mol. The molecule has 0 unspecified atom stereocenters. The van der Waals surface area contributed by atoms with Crippen LogP contribution >= 0.6 is 0 Å². The number of rotatable bonds is 12. The van der Waals surface area contributed by atoms with Crippen molar-refractivity contribution in [3.05, 3.63) is 167 Å². The number of ether oxygens (including phenoxy) is 5. The van der Waals surface area contributed by atoms with Crippen molar-refractivity contribution in [2.45, 2.75) is 44.8 Å². The van der Waals surface area contributed by atoms with Crippen LogP contribution in [0.3, 0.4) is 0 Å². The number of carbonyl (C=O) groups is 5. The normalized spacial score (nSPS) is 14.0. The number of pyridine rings is 4. The number of β-amino-alcohol motifs (C(OH)–C–C–N with tert-alkyl or cyclic N) is 1. The molecule has 3 aliphatic heterocycles. The number of nitrogens with zero attached hydrogens (tertiary/aromatic N) is 6. The highest BCUT2D eigenvalue weighted by atomic mass is 16.5. The van der Waals surface area contributed by atoms with Gasteiger partial charge in [-0.25, -0.2) is 9.59 Å². The van der Waals surface area contributed by atoms with E-state index in [1.807, 2.05) is 18.2 Å². The quantitative estimate of drug-likeness (QED) is 0.0783. The molecule has 0 bridgehead atoms. The molecule has 3 aliphatic rings. The summed E-state index contributed by atoms with van der Waals surface area (Å²) in [7, 11) is 2.56. The summed E-state index contributed by atoms with van der Waals surface area (Å²) in [5.41, 5.74) is 5.04. The van der Waals surface area contributed by atoms with Gasteiger partial charge in [0.1, 0.15) is 35.0 Å². The molecule has 0 aliphatic carbocycles. The van der Waals surface area contributed by atoms with Gasteiger partial charge in [0.25, 0.3) is 5.91 Å². The van der Waals surface area contributed by atoms with E-state index >= 15 is 0 Å². The molecule has 370 valence electrons. The molecular formula is C53H56N6O12. The van der Waals surface area contributed by atoms with Crippen LogP contribution < -0.4 is 14.2 Å². The number of aliphatic hydroxyl groups excluding tert-OH is 1. The Labute approximate surface area is 411 Å². The van der Waals surface area contributed by atoms with Crippen molar-refractivity contribution < 1.29 is 57.9 Å². The van der Waals surface area contributed by atoms with Crippen LogP contribution in [0.1, 0.15) is 88.6 Å². The number of benzene rings is 2. The first kappa shape index (κ1) is 52.3. The third-order valence-electron chi connectivity index (χ3n) is 11.2. The minimum Gasteiger partial charge on any atom is -0.505 e. The van der Waals surface area contributed by atoms with Crippen LogP contribution in [0, 0.1) is 0 Å². The highest BCUT2D eigenvalue weighted by Gasteiger charge is 2.27. The van der Waals surface area contributed by atoms with E-state index in [1.165, 1.54) is 62.3 Å². The van der Waals surface area contributed by atoms with Gasteiger partial charge in [0.05, 0.1) is 76.0 Å². The number of esters is 2. The number of amides is 1. The lowest BCUT2D eigenvalue weighted by molar-refractivity contribution is 0.0501. The van der Waals surface area contributed by atoms with Crippen LogP contribution in [0.4, 0.5) is 0 Å². The molecular weight excluding hydrogens is 913 g/mol. The summed E-state index contributed by atoms with van der Waals surface area (Å²) < 4.78 is 25.5. The topological polar surface area (TPSA) is 230 Å². The van der Waals surface area contributed by atoms with Gasteiger partial charge in [0.15, 0.2) is 17.3 Å². The molecule has 0 radical (unpaired) electrons. The summed E-state index contributed by atoms with van der Waals surface area (Å²) in [6.45, 7) is 4.46. The molecule has 18 heteroatoms. The summed E-state index contributed by atoms with van der Waals surface area (Å²) in [4.78, 5) is 77.8. The SMILES string of the molecule is COC(=O)c1ccncc1O.COC(=O)c1ccncc1OCCCC(=O)c1ccccc1.O=C1CCCOc2cnccc21.O=C1c2ccncc2OCCN1C[C@H](O)CN1CCc2ccccc2C1. The number of fused-ring (bicyclic) bond motifs is 3. The minimum atomic E-state index is -0.590. The fraction of sp³-hybridized carbons (Fsp3) is 0.302. The van der Waals surface area contributed by atoms with Crippen molar-refractivity contribution in [3.8, 4) is 23.0 Å². The highest BCUT2D eigenvalue weighted by Crippen LogP contribution is 2.24. The first-order chi connectivity index (χ1) is 34.6. The summed E-state index contributed by atoms with van der Waals surface area (Å²) in [6.07, 6.45) is 14.7. The predicted octanol–water partition coefficient (Wildman–Crippen LogP) is 6.26. The van der Waals surface area contributed by atoms with Gasteiger partial charge in [-0.15, -0.1) is 0 Å². The van der Waals surface area contributed by atoms with Gasteiger partial charge < -0.3 is 38.8 Å².